The van der Waals surface area contributed by atoms with E-state index in [0.717, 1.165) is 5.56 Å². The first kappa shape index (κ1) is 16.5. The van der Waals surface area contributed by atoms with Gasteiger partial charge in [-0.2, -0.15) is 18.3 Å². The molecule has 0 aliphatic carbocycles. The quantitative estimate of drug-likeness (QED) is 0.870. The van der Waals surface area contributed by atoms with Crippen molar-refractivity contribution >= 4 is 11.6 Å². The lowest BCUT2D eigenvalue weighted by molar-refractivity contribution is -0.141. The van der Waals surface area contributed by atoms with E-state index >= 15 is 0 Å². The van der Waals surface area contributed by atoms with Crippen LogP contribution in [0.25, 0.3) is 0 Å². The molecule has 5 nitrogen and oxygen atoms in total. The minimum absolute atomic E-state index is 0.178. The number of nitrogens with one attached hydrogen (secondary N) is 1. The summed E-state index contributed by atoms with van der Waals surface area (Å²) in [4.78, 5) is 16.4. The highest BCUT2D eigenvalue weighted by molar-refractivity contribution is 6.06. The lowest BCUT2D eigenvalue weighted by Gasteiger charge is -2.22. The fourth-order valence-corrected chi connectivity index (χ4v) is 2.89. The number of hydrogen-bond donors (Lipinski definition) is 1. The number of amides is 1. The number of benzene rings is 1. The van der Waals surface area contributed by atoms with Crippen molar-refractivity contribution in [3.8, 4) is 0 Å². The van der Waals surface area contributed by atoms with Gasteiger partial charge in [0.15, 0.2) is 5.69 Å². The zero-order chi connectivity index (χ0) is 17.5. The van der Waals surface area contributed by atoms with E-state index in [1.54, 1.807) is 6.07 Å². The van der Waals surface area contributed by atoms with E-state index in [0.29, 0.717) is 25.3 Å². The summed E-state index contributed by atoms with van der Waals surface area (Å²) in [5.74, 6) is -0.526. The van der Waals surface area contributed by atoms with Gasteiger partial charge < -0.3 is 9.80 Å². The normalized spacial score (nSPS) is 16.0. The number of fused-ring (bicyclic) bond motifs is 1. The van der Waals surface area contributed by atoms with Gasteiger partial charge in [-0.15, -0.1) is 0 Å². The molecule has 8 heteroatoms. The maximum absolute atomic E-state index is 12.9. The minimum atomic E-state index is -4.56. The summed E-state index contributed by atoms with van der Waals surface area (Å²) in [5, 5.41) is 5.58. The number of H-pyrrole nitrogens is 1. The molecule has 0 radical (unpaired) electrons. The van der Waals surface area contributed by atoms with Crippen LogP contribution in [0.3, 0.4) is 0 Å². The van der Waals surface area contributed by atoms with Crippen molar-refractivity contribution < 1.29 is 18.0 Å². The van der Waals surface area contributed by atoms with Crippen LogP contribution in [0.1, 0.15) is 27.3 Å². The zero-order valence-electron chi connectivity index (χ0n) is 13.3. The number of hydrogen-bond acceptors (Lipinski definition) is 3. The number of carbonyl (C=O) groups excluding carboxylic acids is 1. The van der Waals surface area contributed by atoms with Crippen molar-refractivity contribution in [2.24, 2.45) is 0 Å². The van der Waals surface area contributed by atoms with E-state index in [9.17, 15) is 18.0 Å². The lowest BCUT2D eigenvalue weighted by Crippen LogP contribution is -2.35. The molecule has 1 amide bonds. The molecule has 2 aromatic rings. The van der Waals surface area contributed by atoms with E-state index in [-0.39, 0.29) is 11.3 Å². The molecule has 1 aliphatic heterocycles. The summed E-state index contributed by atoms with van der Waals surface area (Å²) in [6.45, 7) is 2.94. The molecule has 1 aromatic heterocycles. The van der Waals surface area contributed by atoms with Crippen molar-refractivity contribution in [1.82, 2.24) is 15.1 Å². The lowest BCUT2D eigenvalue weighted by atomic mass is 10.1. The van der Waals surface area contributed by atoms with E-state index in [1.807, 2.05) is 30.3 Å². The molecule has 0 bridgehead atoms. The summed E-state index contributed by atoms with van der Waals surface area (Å²) >= 11 is 0. The Morgan fingerprint density at radius 3 is 2.62 bits per heavy atom. The predicted molar refractivity (Wildman–Crippen MR) is 82.8 cm³/mol. The third kappa shape index (κ3) is 2.89. The third-order valence-electron chi connectivity index (χ3n) is 4.17. The van der Waals surface area contributed by atoms with Gasteiger partial charge in [0.2, 0.25) is 0 Å². The maximum atomic E-state index is 12.9. The number of carbonyl (C=O) groups is 1. The van der Waals surface area contributed by atoms with Gasteiger partial charge in [0, 0.05) is 30.9 Å². The Labute approximate surface area is 137 Å². The van der Waals surface area contributed by atoms with E-state index in [1.165, 1.54) is 11.8 Å². The van der Waals surface area contributed by atoms with Gasteiger partial charge in [-0.05, 0) is 25.6 Å². The second-order valence-corrected chi connectivity index (χ2v) is 5.89. The number of alkyl halides is 3. The van der Waals surface area contributed by atoms with Crippen LogP contribution in [0, 0.1) is 6.92 Å². The number of rotatable bonds is 1. The van der Waals surface area contributed by atoms with Gasteiger partial charge in [-0.1, -0.05) is 18.2 Å². The minimum Gasteiger partial charge on any atom is -0.305 e. The van der Waals surface area contributed by atoms with Crippen LogP contribution in [0.5, 0.6) is 0 Å². The Morgan fingerprint density at radius 2 is 1.96 bits per heavy atom. The van der Waals surface area contributed by atoms with Crippen molar-refractivity contribution in [2.75, 3.05) is 25.0 Å². The van der Waals surface area contributed by atoms with Gasteiger partial charge in [-0.3, -0.25) is 9.89 Å². The van der Waals surface area contributed by atoms with E-state index in [4.69, 9.17) is 0 Å². The number of aromatic nitrogens is 2. The Morgan fingerprint density at radius 1 is 1.25 bits per heavy atom. The largest absolute Gasteiger partial charge is 0.433 e. The van der Waals surface area contributed by atoms with Gasteiger partial charge in [0.25, 0.3) is 5.91 Å². The molecule has 2 heterocycles. The van der Waals surface area contributed by atoms with Crippen molar-refractivity contribution in [3.05, 3.63) is 46.8 Å². The summed E-state index contributed by atoms with van der Waals surface area (Å²) in [7, 11) is 1.94. The molecule has 1 N–H and O–H groups in total. The molecule has 0 unspecified atom stereocenters. The smallest absolute Gasteiger partial charge is 0.305 e. The summed E-state index contributed by atoms with van der Waals surface area (Å²) < 4.78 is 38.8. The van der Waals surface area contributed by atoms with Crippen LogP contribution in [0.2, 0.25) is 0 Å². The van der Waals surface area contributed by atoms with Crippen molar-refractivity contribution in [1.29, 1.82) is 0 Å². The van der Waals surface area contributed by atoms with Crippen LogP contribution in [0.15, 0.2) is 24.3 Å². The molecule has 0 fully saturated rings. The van der Waals surface area contributed by atoms with Gasteiger partial charge in [-0.25, -0.2) is 0 Å². The molecular weight excluding hydrogens is 321 g/mol. The van der Waals surface area contributed by atoms with Gasteiger partial charge in [0.05, 0.1) is 0 Å². The second-order valence-electron chi connectivity index (χ2n) is 5.89. The van der Waals surface area contributed by atoms with E-state index in [2.05, 4.69) is 10.00 Å². The first-order valence-electron chi connectivity index (χ1n) is 7.49. The van der Waals surface area contributed by atoms with Crippen LogP contribution in [-0.2, 0) is 12.7 Å². The predicted octanol–water partition coefficient (Wildman–Crippen LogP) is 2.83. The molecule has 24 heavy (non-hydrogen) atoms. The number of anilines is 1. The average Bonchev–Trinajstić information content (AvgIpc) is 2.81. The first-order valence-corrected chi connectivity index (χ1v) is 7.49. The van der Waals surface area contributed by atoms with Gasteiger partial charge >= 0.3 is 6.18 Å². The monoisotopic (exact) mass is 338 g/mol. The van der Waals surface area contributed by atoms with Crippen molar-refractivity contribution in [2.45, 2.75) is 19.6 Å². The average molecular weight is 338 g/mol. The molecule has 1 aliphatic rings. The van der Waals surface area contributed by atoms with Crippen LogP contribution < -0.4 is 4.90 Å². The molecular formula is C16H17F3N4O. The number of nitrogens with zero attached hydrogens (tertiary/aromatic N) is 3. The molecule has 0 saturated carbocycles. The Hall–Kier alpha value is -2.35. The topological polar surface area (TPSA) is 52.2 Å². The second kappa shape index (κ2) is 5.94. The summed E-state index contributed by atoms with van der Waals surface area (Å²) in [6.07, 6.45) is -4.56. The fourth-order valence-electron chi connectivity index (χ4n) is 2.89. The standard InChI is InChI=1S/C16H17F3N4O/c1-10-13(20-21-14(10)16(17,18)19)15(24)23-8-7-22(2)9-11-5-3-4-6-12(11)23/h3-6H,7-9H2,1-2H3,(H,20,21). The molecule has 128 valence electrons. The highest BCUT2D eigenvalue weighted by Crippen LogP contribution is 2.32. The Bertz CT molecular complexity index is 769. The first-order chi connectivity index (χ1) is 11.3. The third-order valence-corrected chi connectivity index (χ3v) is 4.17. The molecule has 0 atom stereocenters. The van der Waals surface area contributed by atoms with Crippen LogP contribution in [-0.4, -0.2) is 41.1 Å². The fraction of sp³-hybridized carbons (Fsp3) is 0.375. The molecule has 1 aromatic carbocycles. The van der Waals surface area contributed by atoms with Crippen LogP contribution >= 0.6 is 0 Å². The number of likely N-dealkylation sites (N-methyl/N-ethyl adjacent to an activating group) is 1. The van der Waals surface area contributed by atoms with Crippen LogP contribution in [0.4, 0.5) is 18.9 Å². The highest BCUT2D eigenvalue weighted by atomic mass is 19.4. The Balaban J connectivity index is 2.00. The highest BCUT2D eigenvalue weighted by Gasteiger charge is 2.38. The summed E-state index contributed by atoms with van der Waals surface area (Å²) in [6, 6.07) is 7.40. The number of aromatic amines is 1. The van der Waals surface area contributed by atoms with Crippen molar-refractivity contribution in [3.63, 3.8) is 0 Å². The Kier molecular flexibility index (Phi) is 4.08. The maximum Gasteiger partial charge on any atom is 0.433 e. The molecule has 0 saturated heterocycles. The molecule has 0 spiro atoms. The number of halogens is 3. The zero-order valence-corrected chi connectivity index (χ0v) is 13.3. The SMILES string of the molecule is Cc1c(C(=O)N2CCN(C)Cc3ccccc32)n[nH]c1C(F)(F)F. The van der Waals surface area contributed by atoms with Gasteiger partial charge in [0.1, 0.15) is 5.69 Å². The molecule has 3 rings (SSSR count). The summed E-state index contributed by atoms with van der Waals surface area (Å²) in [5.41, 5.74) is 0.313. The van der Waals surface area contributed by atoms with E-state index < -0.39 is 17.8 Å². The number of para-hydroxylation sites is 1.